The van der Waals surface area contributed by atoms with Gasteiger partial charge in [0.25, 0.3) is 0 Å². The first-order chi connectivity index (χ1) is 20.1. The van der Waals surface area contributed by atoms with E-state index in [0.717, 1.165) is 22.4 Å². The van der Waals surface area contributed by atoms with Gasteiger partial charge in [-0.3, -0.25) is 14.4 Å². The largest absolute Gasteiger partial charge is 0.379 e. The molecule has 1 aliphatic heterocycles. The van der Waals surface area contributed by atoms with Gasteiger partial charge in [-0.2, -0.15) is 0 Å². The molecular weight excluding hydrogens is 522 g/mol. The summed E-state index contributed by atoms with van der Waals surface area (Å²) in [7, 11) is 0. The number of nitrogens with zero attached hydrogens (tertiary/aromatic N) is 1. The molecule has 0 atom stereocenters. The minimum absolute atomic E-state index is 0.0526. The molecule has 0 bridgehead atoms. The molecule has 0 fully saturated rings. The Kier molecular flexibility index (Phi) is 14.8. The van der Waals surface area contributed by atoms with Crippen molar-refractivity contribution in [2.45, 2.75) is 52.0 Å². The second-order valence-corrected chi connectivity index (χ2v) is 9.64. The van der Waals surface area contributed by atoms with Crippen LogP contribution in [-0.2, 0) is 39.9 Å². The third kappa shape index (κ3) is 12.0. The van der Waals surface area contributed by atoms with Crippen molar-refractivity contribution in [3.8, 4) is 11.8 Å². The molecule has 0 spiro atoms. The molecule has 2 aromatic rings. The van der Waals surface area contributed by atoms with Crippen LogP contribution in [0.15, 0.2) is 48.5 Å². The molecule has 8 heteroatoms. The fourth-order valence-electron chi connectivity index (χ4n) is 4.21. The monoisotopic (exact) mass is 563 g/mol. The minimum atomic E-state index is -0.0855. The third-order valence-electron chi connectivity index (χ3n) is 6.57. The molecular formula is C33H41NO7. The van der Waals surface area contributed by atoms with Gasteiger partial charge in [-0.1, -0.05) is 49.1 Å². The fourth-order valence-corrected chi connectivity index (χ4v) is 4.21. The maximum atomic E-state index is 13.2. The first-order valence-corrected chi connectivity index (χ1v) is 14.4. The number of fused-ring (bicyclic) bond motifs is 2. The Balaban J connectivity index is 1.23. The summed E-state index contributed by atoms with van der Waals surface area (Å²) in [6, 6.07) is 15.5. The van der Waals surface area contributed by atoms with E-state index >= 15 is 0 Å². The first kappa shape index (κ1) is 32.2. The summed E-state index contributed by atoms with van der Waals surface area (Å²) in [5.74, 6) is 6.58. The topological polar surface area (TPSA) is 91.4 Å². The molecule has 0 radical (unpaired) electrons. The van der Waals surface area contributed by atoms with E-state index < -0.39 is 0 Å². The Morgan fingerprint density at radius 3 is 1.95 bits per heavy atom. The van der Waals surface area contributed by atoms with Gasteiger partial charge >= 0.3 is 0 Å². The van der Waals surface area contributed by atoms with Crippen molar-refractivity contribution >= 4 is 23.2 Å². The second kappa shape index (κ2) is 18.9. The minimum Gasteiger partial charge on any atom is -0.379 e. The van der Waals surface area contributed by atoms with E-state index in [0.29, 0.717) is 85.1 Å². The van der Waals surface area contributed by atoms with Crippen molar-refractivity contribution < 1.29 is 33.3 Å². The number of amides is 1. The lowest BCUT2D eigenvalue weighted by Gasteiger charge is -2.26. The molecule has 0 N–H and O–H groups in total. The molecule has 0 aromatic heterocycles. The van der Waals surface area contributed by atoms with Crippen LogP contribution < -0.4 is 4.90 Å². The molecule has 2 aromatic carbocycles. The van der Waals surface area contributed by atoms with Crippen molar-refractivity contribution in [2.24, 2.45) is 0 Å². The zero-order valence-corrected chi connectivity index (χ0v) is 24.0. The van der Waals surface area contributed by atoms with E-state index in [9.17, 15) is 14.4 Å². The maximum absolute atomic E-state index is 13.2. The van der Waals surface area contributed by atoms with Gasteiger partial charge < -0.3 is 23.8 Å². The number of ether oxygens (including phenoxy) is 4. The van der Waals surface area contributed by atoms with E-state index in [1.165, 1.54) is 0 Å². The van der Waals surface area contributed by atoms with Crippen LogP contribution in [0.1, 0.15) is 62.1 Å². The lowest BCUT2D eigenvalue weighted by molar-refractivity contribution is -0.124. The van der Waals surface area contributed by atoms with Crippen LogP contribution in [0.2, 0.25) is 0 Å². The summed E-state index contributed by atoms with van der Waals surface area (Å²) in [6.45, 7) is 5.92. The molecule has 0 unspecified atom stereocenters. The zero-order valence-electron chi connectivity index (χ0n) is 24.0. The highest BCUT2D eigenvalue weighted by Crippen LogP contribution is 2.26. The SMILES string of the molecule is CCC(=O)CCOCCOCCOCCOCCCC(=O)CCC(=O)N1Cc2ccccc2C#Cc2ccccc21. The number of para-hydroxylation sites is 1. The maximum Gasteiger partial charge on any atom is 0.227 e. The number of carbonyl (C=O) groups is 3. The number of hydrogen-bond acceptors (Lipinski definition) is 7. The molecule has 8 nitrogen and oxygen atoms in total. The summed E-state index contributed by atoms with van der Waals surface area (Å²) >= 11 is 0. The van der Waals surface area contributed by atoms with Crippen molar-refractivity contribution in [1.82, 2.24) is 0 Å². The lowest BCUT2D eigenvalue weighted by atomic mass is 10.0. The summed E-state index contributed by atoms with van der Waals surface area (Å²) in [6.07, 6.45) is 2.34. The normalized spacial score (nSPS) is 12.0. The standard InChI is InChI=1S/C33H41NO7/c1-2-30(35)17-19-39-21-23-41-25-24-40-22-20-38-18-7-11-31(36)15-16-33(37)34-26-29-10-4-3-8-27(29)13-14-28-9-5-6-12-32(28)34/h3-6,8-10,12H,2,7,11,15-26H2,1H3. The lowest BCUT2D eigenvalue weighted by Crippen LogP contribution is -2.32. The van der Waals surface area contributed by atoms with E-state index in [2.05, 4.69) is 11.8 Å². The Morgan fingerprint density at radius 1 is 0.659 bits per heavy atom. The number of anilines is 1. The van der Waals surface area contributed by atoms with Gasteiger partial charge in [-0.05, 0) is 30.2 Å². The predicted molar refractivity (Wildman–Crippen MR) is 157 cm³/mol. The molecule has 220 valence electrons. The predicted octanol–water partition coefficient (Wildman–Crippen LogP) is 4.50. The Bertz CT molecular complexity index is 1180. The number of hydrogen-bond donors (Lipinski definition) is 0. The van der Waals surface area contributed by atoms with Crippen LogP contribution in [0.3, 0.4) is 0 Å². The molecule has 1 heterocycles. The Morgan fingerprint density at radius 2 is 1.24 bits per heavy atom. The van der Waals surface area contributed by atoms with Crippen LogP contribution in [0.25, 0.3) is 0 Å². The molecule has 3 rings (SSSR count). The highest BCUT2D eigenvalue weighted by Gasteiger charge is 2.21. The van der Waals surface area contributed by atoms with Gasteiger partial charge in [-0.15, -0.1) is 0 Å². The molecule has 0 saturated carbocycles. The van der Waals surface area contributed by atoms with E-state index in [1.807, 2.05) is 55.5 Å². The zero-order chi connectivity index (χ0) is 29.1. The van der Waals surface area contributed by atoms with E-state index in [-0.39, 0.29) is 30.3 Å². The number of rotatable bonds is 20. The number of ketones is 2. The van der Waals surface area contributed by atoms with Crippen LogP contribution in [-0.4, -0.2) is 70.3 Å². The van der Waals surface area contributed by atoms with Gasteiger partial charge in [-0.25, -0.2) is 0 Å². The van der Waals surface area contributed by atoms with E-state index in [1.54, 1.807) is 4.90 Å². The molecule has 0 saturated heterocycles. The molecule has 41 heavy (non-hydrogen) atoms. The van der Waals surface area contributed by atoms with Crippen molar-refractivity contribution in [3.63, 3.8) is 0 Å². The van der Waals surface area contributed by atoms with Gasteiger partial charge in [0.2, 0.25) is 5.91 Å². The van der Waals surface area contributed by atoms with E-state index in [4.69, 9.17) is 18.9 Å². The van der Waals surface area contributed by atoms with Gasteiger partial charge in [0.1, 0.15) is 11.6 Å². The number of carbonyl (C=O) groups excluding carboxylic acids is 3. The van der Waals surface area contributed by atoms with Crippen LogP contribution in [0.5, 0.6) is 0 Å². The summed E-state index contributed by atoms with van der Waals surface area (Å²) in [5, 5.41) is 0. The number of benzene rings is 2. The Labute approximate surface area is 243 Å². The molecule has 0 aliphatic carbocycles. The van der Waals surface area contributed by atoms with Gasteiger partial charge in [0.15, 0.2) is 0 Å². The third-order valence-corrected chi connectivity index (χ3v) is 6.57. The smallest absolute Gasteiger partial charge is 0.227 e. The quantitative estimate of drug-likeness (QED) is 0.173. The highest BCUT2D eigenvalue weighted by atomic mass is 16.6. The van der Waals surface area contributed by atoms with Crippen molar-refractivity contribution in [3.05, 3.63) is 65.2 Å². The fraction of sp³-hybridized carbons (Fsp3) is 0.485. The first-order valence-electron chi connectivity index (χ1n) is 14.4. The summed E-state index contributed by atoms with van der Waals surface area (Å²) in [5.41, 5.74) is 3.48. The summed E-state index contributed by atoms with van der Waals surface area (Å²) in [4.78, 5) is 38.6. The average molecular weight is 564 g/mol. The van der Waals surface area contributed by atoms with Gasteiger partial charge in [0, 0.05) is 49.8 Å². The van der Waals surface area contributed by atoms with Crippen molar-refractivity contribution in [1.29, 1.82) is 0 Å². The molecule has 1 amide bonds. The van der Waals surface area contributed by atoms with Crippen LogP contribution in [0, 0.1) is 11.8 Å². The van der Waals surface area contributed by atoms with Crippen molar-refractivity contribution in [2.75, 3.05) is 57.8 Å². The summed E-state index contributed by atoms with van der Waals surface area (Å²) < 4.78 is 21.8. The van der Waals surface area contributed by atoms with Gasteiger partial charge in [0.05, 0.1) is 58.5 Å². The second-order valence-electron chi connectivity index (χ2n) is 9.64. The number of Topliss-reactive ketones (excluding diaryl/α,β-unsaturated/α-hetero) is 2. The Hall–Kier alpha value is -3.35. The van der Waals surface area contributed by atoms with Crippen LogP contribution >= 0.6 is 0 Å². The highest BCUT2D eigenvalue weighted by molar-refractivity contribution is 5.97. The van der Waals surface area contributed by atoms with Crippen LogP contribution in [0.4, 0.5) is 5.69 Å². The molecule has 1 aliphatic rings. The average Bonchev–Trinajstić information content (AvgIpc) is 2.98.